The predicted octanol–water partition coefficient (Wildman–Crippen LogP) is 4.11. The predicted molar refractivity (Wildman–Crippen MR) is 131 cm³/mol. The Kier molecular flexibility index (Phi) is 8.78. The van der Waals surface area contributed by atoms with E-state index in [-0.39, 0.29) is 42.0 Å². The number of furan rings is 1. The van der Waals surface area contributed by atoms with E-state index in [2.05, 4.69) is 0 Å². The Labute approximate surface area is 205 Å². The van der Waals surface area contributed by atoms with E-state index in [4.69, 9.17) is 4.42 Å². The second-order valence-electron chi connectivity index (χ2n) is 8.57. The smallest absolute Gasteiger partial charge is 0.269 e. The summed E-state index contributed by atoms with van der Waals surface area (Å²) < 4.78 is 33.3. The highest BCUT2D eigenvalue weighted by Gasteiger charge is 2.29. The molecular formula is C25H29N3O6S. The number of nitrogens with zero attached hydrogens (tertiary/aromatic N) is 3. The minimum Gasteiger partial charge on any atom is -0.467 e. The molecule has 0 saturated heterocycles. The number of hydrogen-bond donors (Lipinski definition) is 0. The summed E-state index contributed by atoms with van der Waals surface area (Å²) in [6.45, 7) is 4.09. The molecule has 0 N–H and O–H groups in total. The Bertz CT molecular complexity index is 1210. The van der Waals surface area contributed by atoms with Crippen LogP contribution in [0.5, 0.6) is 0 Å². The normalized spacial score (nSPS) is 11.7. The molecule has 0 atom stereocenters. The first kappa shape index (κ1) is 26.1. The molecule has 1 heterocycles. The molecule has 0 radical (unpaired) electrons. The van der Waals surface area contributed by atoms with Gasteiger partial charge >= 0.3 is 0 Å². The summed E-state index contributed by atoms with van der Waals surface area (Å²) in [7, 11) is -4.06. The fourth-order valence-electron chi connectivity index (χ4n) is 3.59. The molecule has 3 rings (SSSR count). The summed E-state index contributed by atoms with van der Waals surface area (Å²) in [5.41, 5.74) is 0.850. The lowest BCUT2D eigenvalue weighted by molar-refractivity contribution is -0.384. The molecule has 3 aromatic rings. The molecule has 35 heavy (non-hydrogen) atoms. The van der Waals surface area contributed by atoms with E-state index in [1.54, 1.807) is 17.0 Å². The molecule has 0 aliphatic carbocycles. The van der Waals surface area contributed by atoms with Crippen LogP contribution in [-0.2, 0) is 27.8 Å². The minimum atomic E-state index is -4.06. The van der Waals surface area contributed by atoms with Crippen molar-refractivity contribution in [3.05, 3.63) is 94.4 Å². The number of rotatable bonds is 12. The van der Waals surface area contributed by atoms with E-state index in [0.717, 1.165) is 22.0 Å². The Hall–Kier alpha value is -3.50. The lowest BCUT2D eigenvalue weighted by Crippen LogP contribution is -2.44. The molecule has 0 unspecified atom stereocenters. The molecule has 186 valence electrons. The summed E-state index contributed by atoms with van der Waals surface area (Å²) in [6.07, 6.45) is 2.13. The van der Waals surface area contributed by atoms with Crippen LogP contribution in [-0.4, -0.2) is 48.1 Å². The van der Waals surface area contributed by atoms with Crippen LogP contribution >= 0.6 is 0 Å². The second-order valence-corrected chi connectivity index (χ2v) is 10.5. The van der Waals surface area contributed by atoms with Crippen LogP contribution in [0.3, 0.4) is 0 Å². The van der Waals surface area contributed by atoms with Gasteiger partial charge in [0.2, 0.25) is 15.9 Å². The number of carbonyl (C=O) groups excluding carboxylic acids is 1. The number of nitro benzene ring substituents is 1. The lowest BCUT2D eigenvalue weighted by Gasteiger charge is -2.28. The maximum absolute atomic E-state index is 13.4. The van der Waals surface area contributed by atoms with Crippen molar-refractivity contribution in [1.29, 1.82) is 0 Å². The topological polar surface area (TPSA) is 114 Å². The third-order valence-electron chi connectivity index (χ3n) is 5.36. The zero-order valence-electron chi connectivity index (χ0n) is 19.7. The van der Waals surface area contributed by atoms with Gasteiger partial charge in [-0.05, 0) is 42.2 Å². The molecule has 0 aliphatic heterocycles. The van der Waals surface area contributed by atoms with Crippen molar-refractivity contribution in [2.24, 2.45) is 5.92 Å². The van der Waals surface area contributed by atoms with Crippen molar-refractivity contribution >= 4 is 21.6 Å². The minimum absolute atomic E-state index is 0.0431. The van der Waals surface area contributed by atoms with Gasteiger partial charge in [0.1, 0.15) is 5.76 Å². The number of hydrogen-bond acceptors (Lipinski definition) is 6. The van der Waals surface area contributed by atoms with Crippen LogP contribution in [0.15, 0.2) is 82.3 Å². The first-order valence-corrected chi connectivity index (χ1v) is 12.7. The number of carbonyl (C=O) groups is 1. The molecule has 1 aromatic heterocycles. The SMILES string of the molecule is CC(C)CN(CC(=O)N(CCc1ccccc1)Cc1ccco1)S(=O)(=O)c1ccc([N+](=O)[O-])cc1. The summed E-state index contributed by atoms with van der Waals surface area (Å²) in [6, 6.07) is 17.9. The fourth-order valence-corrected chi connectivity index (χ4v) is 5.14. The Morgan fingerprint density at radius 2 is 1.71 bits per heavy atom. The van der Waals surface area contributed by atoms with E-state index in [1.807, 2.05) is 44.2 Å². The maximum Gasteiger partial charge on any atom is 0.269 e. The number of amides is 1. The summed E-state index contributed by atoms with van der Waals surface area (Å²) in [5, 5.41) is 10.9. The van der Waals surface area contributed by atoms with E-state index in [1.165, 1.54) is 18.4 Å². The molecule has 0 saturated carbocycles. The average Bonchev–Trinajstić information content (AvgIpc) is 3.35. The van der Waals surface area contributed by atoms with Crippen LogP contribution in [0.2, 0.25) is 0 Å². The molecule has 0 fully saturated rings. The Morgan fingerprint density at radius 3 is 2.29 bits per heavy atom. The molecule has 1 amide bonds. The number of sulfonamides is 1. The zero-order chi connectivity index (χ0) is 25.4. The maximum atomic E-state index is 13.4. The lowest BCUT2D eigenvalue weighted by atomic mass is 10.1. The van der Waals surface area contributed by atoms with Crippen molar-refractivity contribution in [2.75, 3.05) is 19.6 Å². The summed E-state index contributed by atoms with van der Waals surface area (Å²) in [4.78, 5) is 25.2. The van der Waals surface area contributed by atoms with Gasteiger partial charge in [0.15, 0.2) is 0 Å². The number of non-ortho nitro benzene ring substituents is 1. The van der Waals surface area contributed by atoms with Crippen LogP contribution in [0.25, 0.3) is 0 Å². The Balaban J connectivity index is 1.82. The van der Waals surface area contributed by atoms with Gasteiger partial charge in [0, 0.05) is 25.2 Å². The van der Waals surface area contributed by atoms with Crippen molar-refractivity contribution in [3.8, 4) is 0 Å². The molecule has 2 aromatic carbocycles. The zero-order valence-corrected chi connectivity index (χ0v) is 20.6. The molecule has 10 heteroatoms. The van der Waals surface area contributed by atoms with Crippen LogP contribution < -0.4 is 0 Å². The van der Waals surface area contributed by atoms with Crippen molar-refractivity contribution in [1.82, 2.24) is 9.21 Å². The highest BCUT2D eigenvalue weighted by molar-refractivity contribution is 7.89. The van der Waals surface area contributed by atoms with Gasteiger partial charge in [-0.2, -0.15) is 4.31 Å². The van der Waals surface area contributed by atoms with Gasteiger partial charge in [-0.25, -0.2) is 8.42 Å². The molecule has 9 nitrogen and oxygen atoms in total. The molecular weight excluding hydrogens is 470 g/mol. The summed E-state index contributed by atoms with van der Waals surface area (Å²) >= 11 is 0. The third-order valence-corrected chi connectivity index (χ3v) is 7.18. The quantitative estimate of drug-likeness (QED) is 0.274. The van der Waals surface area contributed by atoms with E-state index >= 15 is 0 Å². The van der Waals surface area contributed by atoms with Crippen LogP contribution in [0.1, 0.15) is 25.2 Å². The van der Waals surface area contributed by atoms with E-state index in [0.29, 0.717) is 18.7 Å². The first-order valence-electron chi connectivity index (χ1n) is 11.3. The van der Waals surface area contributed by atoms with Gasteiger partial charge in [-0.1, -0.05) is 44.2 Å². The fraction of sp³-hybridized carbons (Fsp3) is 0.320. The largest absolute Gasteiger partial charge is 0.467 e. The standard InChI is InChI=1S/C25H29N3O6S/c1-20(2)17-27(35(32,33)24-12-10-22(11-13-24)28(30)31)19-25(29)26(18-23-9-6-16-34-23)15-14-21-7-4-3-5-8-21/h3-13,16,20H,14-15,17-19H2,1-2H3. The third kappa shape index (κ3) is 7.24. The van der Waals surface area contributed by atoms with Gasteiger partial charge in [-0.15, -0.1) is 0 Å². The van der Waals surface area contributed by atoms with E-state index in [9.17, 15) is 23.3 Å². The average molecular weight is 500 g/mol. The molecule has 0 bridgehead atoms. The monoisotopic (exact) mass is 499 g/mol. The van der Waals surface area contributed by atoms with E-state index < -0.39 is 14.9 Å². The Morgan fingerprint density at radius 1 is 1.03 bits per heavy atom. The van der Waals surface area contributed by atoms with Crippen LogP contribution in [0, 0.1) is 16.0 Å². The molecule has 0 spiro atoms. The first-order chi connectivity index (χ1) is 16.7. The summed E-state index contributed by atoms with van der Waals surface area (Å²) in [5.74, 6) is 0.196. The van der Waals surface area contributed by atoms with Crippen molar-refractivity contribution in [3.63, 3.8) is 0 Å². The van der Waals surface area contributed by atoms with Crippen molar-refractivity contribution in [2.45, 2.75) is 31.7 Å². The van der Waals surface area contributed by atoms with Gasteiger partial charge in [0.05, 0.1) is 29.2 Å². The number of nitro groups is 1. The molecule has 0 aliphatic rings. The second kappa shape index (κ2) is 11.8. The van der Waals surface area contributed by atoms with Crippen molar-refractivity contribution < 1.29 is 22.6 Å². The highest BCUT2D eigenvalue weighted by atomic mass is 32.2. The highest BCUT2D eigenvalue weighted by Crippen LogP contribution is 2.21. The van der Waals surface area contributed by atoms with Gasteiger partial charge in [0.25, 0.3) is 5.69 Å². The van der Waals surface area contributed by atoms with Gasteiger partial charge < -0.3 is 9.32 Å². The van der Waals surface area contributed by atoms with Gasteiger partial charge in [-0.3, -0.25) is 14.9 Å². The van der Waals surface area contributed by atoms with Crippen LogP contribution in [0.4, 0.5) is 5.69 Å². The number of benzene rings is 2.